The number of likely N-dealkylation sites (tertiary alicyclic amines) is 1. The highest BCUT2D eigenvalue weighted by Gasteiger charge is 2.41. The van der Waals surface area contributed by atoms with E-state index in [0.717, 1.165) is 13.0 Å². The van der Waals surface area contributed by atoms with Gasteiger partial charge in [0.25, 0.3) is 0 Å². The summed E-state index contributed by atoms with van der Waals surface area (Å²) in [5, 5.41) is 9.46. The predicted molar refractivity (Wildman–Crippen MR) is 86.5 cm³/mol. The fourth-order valence-corrected chi connectivity index (χ4v) is 3.71. The number of ether oxygens (including phenoxy) is 1. The van der Waals surface area contributed by atoms with Gasteiger partial charge in [0, 0.05) is 38.5 Å². The van der Waals surface area contributed by atoms with Crippen LogP contribution in [-0.4, -0.2) is 55.0 Å². The molecule has 3 heterocycles. The van der Waals surface area contributed by atoms with E-state index in [4.69, 9.17) is 4.74 Å². The summed E-state index contributed by atoms with van der Waals surface area (Å²) in [6, 6.07) is 3.94. The molecule has 0 aromatic carbocycles. The summed E-state index contributed by atoms with van der Waals surface area (Å²) in [6.07, 6.45) is 1.40. The monoisotopic (exact) mass is 328 g/mol. The third-order valence-electron chi connectivity index (χ3n) is 5.04. The second-order valence-electron chi connectivity index (χ2n) is 6.37. The molecule has 2 fully saturated rings. The van der Waals surface area contributed by atoms with E-state index in [1.165, 1.54) is 7.11 Å². The summed E-state index contributed by atoms with van der Waals surface area (Å²) in [5.41, 5.74) is 1.21. The molecular weight excluding hydrogens is 308 g/mol. The molecule has 7 heteroatoms. The minimum atomic E-state index is -0.496. The number of aryl methyl sites for hydroxylation is 1. The van der Waals surface area contributed by atoms with Crippen LogP contribution in [0, 0.1) is 24.2 Å². The van der Waals surface area contributed by atoms with Crippen LogP contribution in [0.1, 0.15) is 34.5 Å². The first-order valence-corrected chi connectivity index (χ1v) is 7.97. The van der Waals surface area contributed by atoms with Gasteiger partial charge in [-0.15, -0.1) is 0 Å². The van der Waals surface area contributed by atoms with Crippen LogP contribution in [0.3, 0.4) is 0 Å². The number of hydrogen-bond donors (Lipinski definition) is 0. The lowest BCUT2D eigenvalue weighted by atomic mass is 9.92. The molecule has 126 valence electrons. The molecule has 3 rings (SSSR count). The summed E-state index contributed by atoms with van der Waals surface area (Å²) in [7, 11) is 3.16. The van der Waals surface area contributed by atoms with Crippen molar-refractivity contribution in [2.45, 2.75) is 25.8 Å². The molecule has 0 radical (unpaired) electrons. The summed E-state index contributed by atoms with van der Waals surface area (Å²) in [5.74, 6) is 0.524. The number of rotatable bonds is 2. The predicted octanol–water partition coefficient (Wildman–Crippen LogP) is 1.11. The van der Waals surface area contributed by atoms with E-state index in [1.54, 1.807) is 13.0 Å². The van der Waals surface area contributed by atoms with Crippen LogP contribution in [0.25, 0.3) is 0 Å². The quantitative estimate of drug-likeness (QED) is 0.756. The Morgan fingerprint density at radius 2 is 2.25 bits per heavy atom. The van der Waals surface area contributed by atoms with Gasteiger partial charge >= 0.3 is 5.97 Å². The molecule has 2 saturated heterocycles. The fourth-order valence-electron chi connectivity index (χ4n) is 3.71. The second kappa shape index (κ2) is 6.11. The van der Waals surface area contributed by atoms with Gasteiger partial charge < -0.3 is 14.5 Å². The third kappa shape index (κ3) is 2.58. The third-order valence-corrected chi connectivity index (χ3v) is 5.04. The Morgan fingerprint density at radius 3 is 2.92 bits per heavy atom. The van der Waals surface area contributed by atoms with Crippen LogP contribution in [0.15, 0.2) is 6.07 Å². The molecule has 1 amide bonds. The van der Waals surface area contributed by atoms with Gasteiger partial charge in [0.2, 0.25) is 5.91 Å². The number of esters is 1. The number of aromatic nitrogens is 1. The van der Waals surface area contributed by atoms with E-state index in [0.29, 0.717) is 35.6 Å². The highest BCUT2D eigenvalue weighted by Crippen LogP contribution is 2.34. The van der Waals surface area contributed by atoms with Crippen LogP contribution in [0.5, 0.6) is 0 Å². The van der Waals surface area contributed by atoms with E-state index in [9.17, 15) is 14.9 Å². The Kier molecular flexibility index (Phi) is 4.14. The molecule has 0 N–H and O–H groups in total. The highest BCUT2D eigenvalue weighted by molar-refractivity contribution is 5.91. The lowest BCUT2D eigenvalue weighted by Gasteiger charge is -2.37. The number of nitrogens with zero attached hydrogens (tertiary/aromatic N) is 4. The maximum atomic E-state index is 11.9. The van der Waals surface area contributed by atoms with E-state index >= 15 is 0 Å². The lowest BCUT2D eigenvalue weighted by Crippen LogP contribution is -2.45. The smallest absolute Gasteiger partial charge is 0.339 e. The molecule has 24 heavy (non-hydrogen) atoms. The Labute approximate surface area is 140 Å². The zero-order valence-electron chi connectivity index (χ0n) is 14.1. The summed E-state index contributed by atoms with van der Waals surface area (Å²) in [4.78, 5) is 32.1. The number of carbonyl (C=O) groups excluding carboxylic acids is 2. The lowest BCUT2D eigenvalue weighted by molar-refractivity contribution is -0.127. The number of fused-ring (bicyclic) bond motifs is 1. The fraction of sp³-hybridized carbons (Fsp3) is 0.529. The van der Waals surface area contributed by atoms with Gasteiger partial charge in [-0.1, -0.05) is 0 Å². The van der Waals surface area contributed by atoms with Gasteiger partial charge in [0.15, 0.2) is 0 Å². The highest BCUT2D eigenvalue weighted by atomic mass is 16.5. The first kappa shape index (κ1) is 16.2. The van der Waals surface area contributed by atoms with Crippen molar-refractivity contribution in [1.82, 2.24) is 9.88 Å². The minimum absolute atomic E-state index is 0.178. The summed E-state index contributed by atoms with van der Waals surface area (Å²) < 4.78 is 4.74. The number of nitriles is 1. The maximum absolute atomic E-state index is 11.9. The molecule has 0 spiro atoms. The molecule has 2 atom stereocenters. The number of methoxy groups -OCH3 is 1. The first-order valence-electron chi connectivity index (χ1n) is 7.97. The SMILES string of the molecule is COC(=O)c1cc(C#N)c(N2CC[C@H]3[C@H](CC(=O)N3C)C2)nc1C. The largest absolute Gasteiger partial charge is 0.465 e. The van der Waals surface area contributed by atoms with Crippen LogP contribution in [0.4, 0.5) is 5.82 Å². The van der Waals surface area contributed by atoms with Crippen LogP contribution in [0.2, 0.25) is 0 Å². The molecule has 0 saturated carbocycles. The molecular formula is C17H20N4O3. The van der Waals surface area contributed by atoms with Crippen molar-refractivity contribution < 1.29 is 14.3 Å². The molecule has 0 unspecified atom stereocenters. The number of pyridine rings is 1. The second-order valence-corrected chi connectivity index (χ2v) is 6.37. The molecule has 1 aromatic rings. The van der Waals surface area contributed by atoms with Crippen molar-refractivity contribution in [3.63, 3.8) is 0 Å². The van der Waals surface area contributed by atoms with E-state index < -0.39 is 5.97 Å². The van der Waals surface area contributed by atoms with Crippen molar-refractivity contribution in [3.05, 3.63) is 22.9 Å². The summed E-state index contributed by atoms with van der Waals surface area (Å²) >= 11 is 0. The molecule has 7 nitrogen and oxygen atoms in total. The standard InChI is InChI=1S/C17H20N4O3/c1-10-13(17(23)24-3)6-11(8-18)16(19-10)21-5-4-14-12(9-21)7-15(22)20(14)2/h6,12,14H,4-5,7,9H2,1-3H3/t12-,14+/m1/s1. The minimum Gasteiger partial charge on any atom is -0.465 e. The van der Waals surface area contributed by atoms with Crippen molar-refractivity contribution in [1.29, 1.82) is 5.26 Å². The number of amides is 1. The van der Waals surface area contributed by atoms with Crippen molar-refractivity contribution in [2.24, 2.45) is 5.92 Å². The normalized spacial score (nSPS) is 23.0. The topological polar surface area (TPSA) is 86.5 Å². The molecule has 0 bridgehead atoms. The summed E-state index contributed by atoms with van der Waals surface area (Å²) in [6.45, 7) is 3.16. The molecule has 2 aliphatic heterocycles. The molecule has 2 aliphatic rings. The van der Waals surface area contributed by atoms with Gasteiger partial charge in [-0.2, -0.15) is 5.26 Å². The maximum Gasteiger partial charge on any atom is 0.339 e. The Balaban J connectivity index is 1.90. The first-order chi connectivity index (χ1) is 11.5. The van der Waals surface area contributed by atoms with Crippen LogP contribution >= 0.6 is 0 Å². The van der Waals surface area contributed by atoms with Crippen LogP contribution < -0.4 is 4.90 Å². The van der Waals surface area contributed by atoms with Crippen molar-refractivity contribution in [3.8, 4) is 6.07 Å². The van der Waals surface area contributed by atoms with Gasteiger partial charge in [0.05, 0.1) is 23.9 Å². The van der Waals surface area contributed by atoms with Crippen molar-refractivity contribution >= 4 is 17.7 Å². The van der Waals surface area contributed by atoms with E-state index in [2.05, 4.69) is 16.0 Å². The molecule has 0 aliphatic carbocycles. The number of piperidine rings is 1. The number of anilines is 1. The zero-order valence-corrected chi connectivity index (χ0v) is 14.1. The number of hydrogen-bond acceptors (Lipinski definition) is 6. The average molecular weight is 328 g/mol. The van der Waals surface area contributed by atoms with Gasteiger partial charge in [-0.05, 0) is 19.4 Å². The molecule has 1 aromatic heterocycles. The van der Waals surface area contributed by atoms with E-state index in [1.807, 2.05) is 11.9 Å². The zero-order chi connectivity index (χ0) is 17.4. The Hall–Kier alpha value is -2.62. The van der Waals surface area contributed by atoms with E-state index in [-0.39, 0.29) is 17.9 Å². The van der Waals surface area contributed by atoms with Gasteiger partial charge in [-0.3, -0.25) is 4.79 Å². The van der Waals surface area contributed by atoms with Crippen LogP contribution in [-0.2, 0) is 9.53 Å². The van der Waals surface area contributed by atoms with Gasteiger partial charge in [-0.25, -0.2) is 9.78 Å². The van der Waals surface area contributed by atoms with Crippen molar-refractivity contribution in [2.75, 3.05) is 32.1 Å². The Bertz CT molecular complexity index is 740. The number of carbonyl (C=O) groups is 2. The average Bonchev–Trinajstić information content (AvgIpc) is 2.87. The Morgan fingerprint density at radius 1 is 1.50 bits per heavy atom. The van der Waals surface area contributed by atoms with Gasteiger partial charge in [0.1, 0.15) is 11.9 Å².